The fourth-order valence-electron chi connectivity index (χ4n) is 4.25. The van der Waals surface area contributed by atoms with Gasteiger partial charge in [-0.1, -0.05) is 6.08 Å². The molecule has 0 atom stereocenters. The smallest absolute Gasteiger partial charge is 0.0927 e. The van der Waals surface area contributed by atoms with Crippen molar-refractivity contribution < 1.29 is 4.74 Å². The Morgan fingerprint density at radius 3 is 2.83 bits per heavy atom. The van der Waals surface area contributed by atoms with Gasteiger partial charge < -0.3 is 9.64 Å². The van der Waals surface area contributed by atoms with E-state index < -0.39 is 0 Å². The summed E-state index contributed by atoms with van der Waals surface area (Å²) in [6.45, 7) is 5.34. The number of fused-ring (bicyclic) bond motifs is 1. The first-order valence-electron chi connectivity index (χ1n) is 10.4. The van der Waals surface area contributed by atoms with Gasteiger partial charge in [-0.15, -0.1) is 0 Å². The molecule has 3 aromatic rings. The number of nitrogens with zero attached hydrogens (tertiary/aromatic N) is 6. The number of ether oxygens (including phenoxy) is 1. The Labute approximate surface area is 175 Å². The highest BCUT2D eigenvalue weighted by atomic mass is 16.5. The molecule has 0 amide bonds. The minimum absolute atomic E-state index is 0.382. The number of benzene rings is 1. The molecule has 0 radical (unpaired) electrons. The Bertz CT molecular complexity index is 1130. The first kappa shape index (κ1) is 18.8. The van der Waals surface area contributed by atoms with Crippen molar-refractivity contribution in [2.24, 2.45) is 5.92 Å². The lowest BCUT2D eigenvalue weighted by Gasteiger charge is -2.33. The molecule has 3 heterocycles. The summed E-state index contributed by atoms with van der Waals surface area (Å²) in [4.78, 5) is 11.9. The van der Waals surface area contributed by atoms with Gasteiger partial charge in [-0.3, -0.25) is 9.67 Å². The monoisotopic (exact) mass is 400 g/mol. The van der Waals surface area contributed by atoms with Gasteiger partial charge in [-0.2, -0.15) is 10.4 Å². The van der Waals surface area contributed by atoms with Crippen LogP contribution < -0.4 is 4.90 Å². The Morgan fingerprint density at radius 1 is 1.20 bits per heavy atom. The highest BCUT2D eigenvalue weighted by Gasteiger charge is 2.30. The Balaban J connectivity index is 1.40. The van der Waals surface area contributed by atoms with Gasteiger partial charge in [0.15, 0.2) is 0 Å². The molecular formula is C23H24N6O. The Morgan fingerprint density at radius 2 is 2.03 bits per heavy atom. The summed E-state index contributed by atoms with van der Waals surface area (Å²) in [5.74, 6) is 0.474. The van der Waals surface area contributed by atoms with Crippen molar-refractivity contribution in [1.82, 2.24) is 19.7 Å². The van der Waals surface area contributed by atoms with Crippen LogP contribution in [0.5, 0.6) is 0 Å². The van der Waals surface area contributed by atoms with Crippen LogP contribution in [0, 0.1) is 24.2 Å². The van der Waals surface area contributed by atoms with E-state index in [-0.39, 0.29) is 0 Å². The largest absolute Gasteiger partial charge is 0.378 e. The van der Waals surface area contributed by atoms with Crippen LogP contribution in [0.4, 0.5) is 5.69 Å². The van der Waals surface area contributed by atoms with Gasteiger partial charge in [0.2, 0.25) is 0 Å². The number of aryl methyl sites for hydroxylation is 1. The van der Waals surface area contributed by atoms with Crippen LogP contribution in [-0.4, -0.2) is 46.1 Å². The molecule has 2 aliphatic rings. The average molecular weight is 400 g/mol. The lowest BCUT2D eigenvalue weighted by molar-refractivity contribution is 0.122. The van der Waals surface area contributed by atoms with Crippen LogP contribution >= 0.6 is 0 Å². The molecule has 30 heavy (non-hydrogen) atoms. The molecule has 1 aliphatic heterocycles. The molecule has 0 spiro atoms. The fraction of sp³-hybridized carbons (Fsp3) is 0.391. The zero-order valence-electron chi connectivity index (χ0n) is 17.0. The predicted octanol–water partition coefficient (Wildman–Crippen LogP) is 3.67. The average Bonchev–Trinajstić information content (AvgIpc) is 3.13. The van der Waals surface area contributed by atoms with Crippen molar-refractivity contribution in [3.63, 3.8) is 0 Å². The highest BCUT2D eigenvalue weighted by molar-refractivity contribution is 5.81. The summed E-state index contributed by atoms with van der Waals surface area (Å²) in [5, 5.41) is 13.4. The van der Waals surface area contributed by atoms with Gasteiger partial charge in [0.05, 0.1) is 53.9 Å². The van der Waals surface area contributed by atoms with Crippen molar-refractivity contribution >= 4 is 16.7 Å². The number of hydrogen-bond acceptors (Lipinski definition) is 6. The van der Waals surface area contributed by atoms with E-state index in [1.807, 2.05) is 25.3 Å². The number of nitriles is 1. The van der Waals surface area contributed by atoms with Gasteiger partial charge in [0, 0.05) is 36.6 Å². The molecule has 7 nitrogen and oxygen atoms in total. The van der Waals surface area contributed by atoms with Gasteiger partial charge in [-0.25, -0.2) is 4.98 Å². The van der Waals surface area contributed by atoms with Crippen molar-refractivity contribution in [2.45, 2.75) is 25.8 Å². The molecule has 1 saturated heterocycles. The van der Waals surface area contributed by atoms with Crippen LogP contribution in [-0.2, 0) is 4.74 Å². The van der Waals surface area contributed by atoms with Crippen LogP contribution in [0.3, 0.4) is 0 Å². The first-order valence-corrected chi connectivity index (χ1v) is 10.4. The van der Waals surface area contributed by atoms with E-state index in [4.69, 9.17) is 20.1 Å². The lowest BCUT2D eigenvalue weighted by atomic mass is 9.80. The summed E-state index contributed by atoms with van der Waals surface area (Å²) >= 11 is 0. The molecule has 152 valence electrons. The molecule has 0 N–H and O–H groups in total. The molecule has 0 bridgehead atoms. The molecule has 7 heteroatoms. The fourth-order valence-corrected chi connectivity index (χ4v) is 4.25. The molecule has 2 aromatic heterocycles. The van der Waals surface area contributed by atoms with Gasteiger partial charge in [0.1, 0.15) is 0 Å². The second kappa shape index (κ2) is 7.88. The molecular weight excluding hydrogens is 376 g/mol. The third kappa shape index (κ3) is 3.55. The Hall–Kier alpha value is -3.24. The first-order chi connectivity index (χ1) is 14.7. The maximum absolute atomic E-state index is 8.67. The van der Waals surface area contributed by atoms with Gasteiger partial charge >= 0.3 is 0 Å². The standard InChI is InChI=1S/C23H24N6O/c1-16-20(15-29(27-16)19-11-17(12-19)3-2-6-24)23-14-25-21-5-4-18(13-22(21)26-23)28-7-9-30-10-8-28/h2-5,13-15,17,19H,7-12H2,1H3/b3-2+/t17-,19-. The number of hydrogen-bond donors (Lipinski definition) is 0. The number of rotatable bonds is 4. The number of allylic oxidation sites excluding steroid dienone is 2. The van der Waals surface area contributed by atoms with Crippen molar-refractivity contribution in [1.29, 1.82) is 5.26 Å². The van der Waals surface area contributed by atoms with E-state index in [1.165, 1.54) is 0 Å². The van der Waals surface area contributed by atoms with Crippen molar-refractivity contribution in [3.05, 3.63) is 48.4 Å². The summed E-state index contributed by atoms with van der Waals surface area (Å²) in [6.07, 6.45) is 9.54. The van der Waals surface area contributed by atoms with Crippen LogP contribution in [0.25, 0.3) is 22.3 Å². The zero-order valence-corrected chi connectivity index (χ0v) is 17.0. The topological polar surface area (TPSA) is 79.9 Å². The maximum Gasteiger partial charge on any atom is 0.0927 e. The van der Waals surface area contributed by atoms with Crippen molar-refractivity contribution in [2.75, 3.05) is 31.2 Å². The third-order valence-corrected chi connectivity index (χ3v) is 6.06. The van der Waals surface area contributed by atoms with Crippen LogP contribution in [0.15, 0.2) is 42.7 Å². The van der Waals surface area contributed by atoms with E-state index >= 15 is 0 Å². The SMILES string of the molecule is Cc1nn([C@H]2C[C@H](/C=C/C#N)C2)cc1-c1cnc2ccc(N3CCOCC3)cc2n1. The highest BCUT2D eigenvalue weighted by Crippen LogP contribution is 2.39. The summed E-state index contributed by atoms with van der Waals surface area (Å²) in [5.41, 5.74) is 5.79. The van der Waals surface area contributed by atoms with Gasteiger partial charge in [-0.05, 0) is 43.9 Å². The number of aromatic nitrogens is 4. The van der Waals surface area contributed by atoms with E-state index in [0.29, 0.717) is 12.0 Å². The quantitative estimate of drug-likeness (QED) is 0.622. The number of anilines is 1. The summed E-state index contributed by atoms with van der Waals surface area (Å²) in [6, 6.07) is 8.72. The third-order valence-electron chi connectivity index (χ3n) is 6.06. The van der Waals surface area contributed by atoms with Crippen molar-refractivity contribution in [3.8, 4) is 17.3 Å². The lowest BCUT2D eigenvalue weighted by Crippen LogP contribution is -2.36. The minimum Gasteiger partial charge on any atom is -0.378 e. The van der Waals surface area contributed by atoms with Crippen LogP contribution in [0.1, 0.15) is 24.6 Å². The van der Waals surface area contributed by atoms with E-state index in [0.717, 1.165) is 72.8 Å². The second-order valence-electron chi connectivity index (χ2n) is 8.01. The van der Waals surface area contributed by atoms with Gasteiger partial charge in [0.25, 0.3) is 0 Å². The molecule has 1 aromatic carbocycles. The summed E-state index contributed by atoms with van der Waals surface area (Å²) < 4.78 is 7.52. The molecule has 1 aliphatic carbocycles. The second-order valence-corrected chi connectivity index (χ2v) is 8.01. The minimum atomic E-state index is 0.382. The Kier molecular flexibility index (Phi) is 4.93. The van der Waals surface area contributed by atoms with Crippen LogP contribution in [0.2, 0.25) is 0 Å². The summed E-state index contributed by atoms with van der Waals surface area (Å²) in [7, 11) is 0. The van der Waals surface area contributed by atoms with E-state index in [9.17, 15) is 0 Å². The zero-order chi connectivity index (χ0) is 20.5. The predicted molar refractivity (Wildman–Crippen MR) is 115 cm³/mol. The molecule has 2 fully saturated rings. The number of morpholine rings is 1. The molecule has 0 unspecified atom stereocenters. The van der Waals surface area contributed by atoms with E-state index in [2.05, 4.69) is 39.0 Å². The normalized spacial score (nSPS) is 21.7. The molecule has 1 saturated carbocycles. The van der Waals surface area contributed by atoms with E-state index in [1.54, 1.807) is 6.08 Å². The maximum atomic E-state index is 8.67. The molecule has 5 rings (SSSR count).